The van der Waals surface area contributed by atoms with Gasteiger partial charge < -0.3 is 4.74 Å². The number of thiazole rings is 1. The number of benzene rings is 1. The quantitative estimate of drug-likeness (QED) is 0.814. The number of fused-ring (bicyclic) bond motifs is 1. The van der Waals surface area contributed by atoms with Crippen molar-refractivity contribution in [1.82, 2.24) is 9.29 Å². The highest BCUT2D eigenvalue weighted by Gasteiger charge is 2.35. The molecule has 130 valence electrons. The van der Waals surface area contributed by atoms with Crippen LogP contribution in [-0.4, -0.2) is 31.9 Å². The molecule has 0 aliphatic heterocycles. The van der Waals surface area contributed by atoms with E-state index in [4.69, 9.17) is 4.74 Å². The van der Waals surface area contributed by atoms with Gasteiger partial charge in [-0.1, -0.05) is 19.1 Å². The van der Waals surface area contributed by atoms with Crippen LogP contribution in [0.25, 0.3) is 0 Å². The van der Waals surface area contributed by atoms with Crippen LogP contribution in [0, 0.1) is 0 Å². The largest absolute Gasteiger partial charge is 0.495 e. The third kappa shape index (κ3) is 2.96. The van der Waals surface area contributed by atoms with Crippen LogP contribution >= 0.6 is 11.3 Å². The molecule has 1 aromatic heterocycles. The molecule has 1 unspecified atom stereocenters. The third-order valence-corrected chi connectivity index (χ3v) is 7.68. The number of aromatic nitrogens is 1. The summed E-state index contributed by atoms with van der Waals surface area (Å²) in [6, 6.07) is 6.61. The van der Waals surface area contributed by atoms with E-state index in [2.05, 4.69) is 11.9 Å². The van der Waals surface area contributed by atoms with E-state index in [1.54, 1.807) is 42.6 Å². The second-order valence-electron chi connectivity index (χ2n) is 5.85. The predicted molar refractivity (Wildman–Crippen MR) is 95.1 cm³/mol. The summed E-state index contributed by atoms with van der Waals surface area (Å²) in [6.07, 6.45) is 3.60. The van der Waals surface area contributed by atoms with Gasteiger partial charge in [-0.25, -0.2) is 13.4 Å². The van der Waals surface area contributed by atoms with E-state index < -0.39 is 10.0 Å². The van der Waals surface area contributed by atoms with Crippen LogP contribution < -0.4 is 4.74 Å². The molecule has 0 N–H and O–H groups in total. The van der Waals surface area contributed by atoms with Crippen molar-refractivity contribution in [3.05, 3.63) is 39.8 Å². The number of aryl methyl sites for hydroxylation is 2. The Kier molecular flexibility index (Phi) is 4.94. The molecule has 1 aliphatic carbocycles. The highest BCUT2D eigenvalue weighted by atomic mass is 32.2. The monoisotopic (exact) mass is 366 g/mol. The Morgan fingerprint density at radius 2 is 2.12 bits per heavy atom. The molecule has 1 aromatic carbocycles. The van der Waals surface area contributed by atoms with E-state index in [-0.39, 0.29) is 10.9 Å². The lowest BCUT2D eigenvalue weighted by Gasteiger charge is -2.30. The summed E-state index contributed by atoms with van der Waals surface area (Å²) >= 11 is 1.64. The topological polar surface area (TPSA) is 59.5 Å². The Morgan fingerprint density at radius 3 is 2.83 bits per heavy atom. The van der Waals surface area contributed by atoms with Gasteiger partial charge in [-0.05, 0) is 37.8 Å². The maximum absolute atomic E-state index is 13.1. The molecule has 1 aliphatic rings. The fourth-order valence-electron chi connectivity index (χ4n) is 3.10. The van der Waals surface area contributed by atoms with Crippen LogP contribution in [0.4, 0.5) is 0 Å². The molecule has 0 saturated heterocycles. The number of ether oxygens (including phenoxy) is 1. The van der Waals surface area contributed by atoms with Gasteiger partial charge >= 0.3 is 0 Å². The Labute approximate surface area is 147 Å². The smallest absolute Gasteiger partial charge is 0.247 e. The number of hydrogen-bond donors (Lipinski definition) is 0. The number of para-hydroxylation sites is 1. The minimum absolute atomic E-state index is 0.151. The minimum atomic E-state index is -3.63. The standard InChI is InChI=1S/C17H22N2O3S2/c1-4-16-18-12-8-7-9-13(17(12)23-16)19(2)24(20,21)15-11-6-5-10-14(15)22-3/h5-6,10-11,13H,4,7-9H2,1-3H3. The second kappa shape index (κ2) is 6.82. The van der Waals surface area contributed by atoms with Gasteiger partial charge in [0.15, 0.2) is 0 Å². The Hall–Kier alpha value is -1.44. The molecule has 0 spiro atoms. The molecular weight excluding hydrogens is 344 g/mol. The van der Waals surface area contributed by atoms with E-state index in [0.29, 0.717) is 5.75 Å². The summed E-state index contributed by atoms with van der Waals surface area (Å²) in [6.45, 7) is 2.08. The molecule has 1 atom stereocenters. The molecule has 2 aromatic rings. The first kappa shape index (κ1) is 17.4. The number of hydrogen-bond acceptors (Lipinski definition) is 5. The zero-order valence-corrected chi connectivity index (χ0v) is 15.8. The molecule has 3 rings (SSSR count). The van der Waals surface area contributed by atoms with Crippen LogP contribution in [0.2, 0.25) is 0 Å². The van der Waals surface area contributed by atoms with Crippen LogP contribution in [0.15, 0.2) is 29.2 Å². The molecule has 0 saturated carbocycles. The molecule has 0 radical (unpaired) electrons. The summed E-state index contributed by atoms with van der Waals surface area (Å²) in [5, 5.41) is 1.08. The van der Waals surface area contributed by atoms with Gasteiger partial charge in [0, 0.05) is 11.9 Å². The van der Waals surface area contributed by atoms with Gasteiger partial charge in [0.25, 0.3) is 0 Å². The summed E-state index contributed by atoms with van der Waals surface area (Å²) in [5.74, 6) is 0.374. The molecular formula is C17H22N2O3S2. The van der Waals surface area contributed by atoms with Crippen LogP contribution in [0.1, 0.15) is 41.4 Å². The van der Waals surface area contributed by atoms with Crippen molar-refractivity contribution in [2.45, 2.75) is 43.5 Å². The molecule has 0 fully saturated rings. The highest BCUT2D eigenvalue weighted by Crippen LogP contribution is 2.40. The summed E-state index contributed by atoms with van der Waals surface area (Å²) in [4.78, 5) is 5.97. The van der Waals surface area contributed by atoms with Crippen LogP contribution in [0.5, 0.6) is 5.75 Å². The molecule has 1 heterocycles. The zero-order chi connectivity index (χ0) is 17.3. The predicted octanol–water partition coefficient (Wildman–Crippen LogP) is 3.41. The van der Waals surface area contributed by atoms with Crippen molar-refractivity contribution in [3.63, 3.8) is 0 Å². The first-order chi connectivity index (χ1) is 11.5. The van der Waals surface area contributed by atoms with Crippen LogP contribution in [-0.2, 0) is 22.9 Å². The first-order valence-corrected chi connectivity index (χ1v) is 10.3. The molecule has 5 nitrogen and oxygen atoms in total. The molecule has 7 heteroatoms. The van der Waals surface area contributed by atoms with Gasteiger partial charge in [-0.15, -0.1) is 11.3 Å². The van der Waals surface area contributed by atoms with Crippen molar-refractivity contribution < 1.29 is 13.2 Å². The summed E-state index contributed by atoms with van der Waals surface area (Å²) in [7, 11) is -0.485. The average Bonchev–Trinajstić information content (AvgIpc) is 3.04. The first-order valence-electron chi connectivity index (χ1n) is 8.08. The van der Waals surface area contributed by atoms with Crippen molar-refractivity contribution in [3.8, 4) is 5.75 Å². The Morgan fingerprint density at radius 1 is 1.38 bits per heavy atom. The number of nitrogens with zero attached hydrogens (tertiary/aromatic N) is 2. The van der Waals surface area contributed by atoms with Gasteiger partial charge in [0.2, 0.25) is 10.0 Å². The third-order valence-electron chi connectivity index (χ3n) is 4.43. The Bertz CT molecular complexity index is 830. The molecule has 0 bridgehead atoms. The maximum Gasteiger partial charge on any atom is 0.247 e. The zero-order valence-electron chi connectivity index (χ0n) is 14.2. The van der Waals surface area contributed by atoms with Gasteiger partial charge in [0.1, 0.15) is 10.6 Å². The van der Waals surface area contributed by atoms with Gasteiger partial charge in [-0.3, -0.25) is 0 Å². The maximum atomic E-state index is 13.1. The summed E-state index contributed by atoms with van der Waals surface area (Å²) in [5.41, 5.74) is 1.06. The lowest BCUT2D eigenvalue weighted by molar-refractivity contribution is 0.337. The Balaban J connectivity index is 2.00. The normalized spacial score (nSPS) is 17.8. The highest BCUT2D eigenvalue weighted by molar-refractivity contribution is 7.89. The van der Waals surface area contributed by atoms with Crippen LogP contribution in [0.3, 0.4) is 0 Å². The van der Waals surface area contributed by atoms with Crippen molar-refractivity contribution in [2.24, 2.45) is 0 Å². The second-order valence-corrected chi connectivity index (χ2v) is 8.93. The van der Waals surface area contributed by atoms with E-state index >= 15 is 0 Å². The van der Waals surface area contributed by atoms with E-state index in [1.165, 1.54) is 11.4 Å². The lowest BCUT2D eigenvalue weighted by atomic mass is 9.98. The summed E-state index contributed by atoms with van der Waals surface area (Å²) < 4.78 is 33.0. The number of rotatable bonds is 5. The SMILES string of the molecule is CCc1nc2c(s1)C(N(C)S(=O)(=O)c1ccccc1OC)CCC2. The minimum Gasteiger partial charge on any atom is -0.495 e. The van der Waals surface area contributed by atoms with Crippen molar-refractivity contribution >= 4 is 21.4 Å². The lowest BCUT2D eigenvalue weighted by Crippen LogP contribution is -2.33. The number of methoxy groups -OCH3 is 1. The number of sulfonamides is 1. The fourth-order valence-corrected chi connectivity index (χ4v) is 5.91. The molecule has 24 heavy (non-hydrogen) atoms. The van der Waals surface area contributed by atoms with Gasteiger partial charge in [-0.2, -0.15) is 4.31 Å². The van der Waals surface area contributed by atoms with E-state index in [1.807, 2.05) is 0 Å². The fraction of sp³-hybridized carbons (Fsp3) is 0.471. The van der Waals surface area contributed by atoms with E-state index in [0.717, 1.165) is 41.3 Å². The van der Waals surface area contributed by atoms with E-state index in [9.17, 15) is 8.42 Å². The van der Waals surface area contributed by atoms with Gasteiger partial charge in [0.05, 0.1) is 23.9 Å². The average molecular weight is 367 g/mol. The van der Waals surface area contributed by atoms with Crippen molar-refractivity contribution in [1.29, 1.82) is 0 Å². The molecule has 0 amide bonds. The van der Waals surface area contributed by atoms with Crippen molar-refractivity contribution in [2.75, 3.05) is 14.2 Å².